The molecule has 1 atom stereocenters. The summed E-state index contributed by atoms with van der Waals surface area (Å²) in [5.74, 6) is 2.58. The largest absolute Gasteiger partial charge is 0.454 e. The Kier molecular flexibility index (Phi) is 4.17. The van der Waals surface area contributed by atoms with Crippen molar-refractivity contribution in [2.24, 2.45) is 0 Å². The van der Waals surface area contributed by atoms with Gasteiger partial charge in [0.05, 0.1) is 0 Å². The van der Waals surface area contributed by atoms with Crippen LogP contribution in [0.25, 0.3) is 0 Å². The van der Waals surface area contributed by atoms with Crippen molar-refractivity contribution < 1.29 is 14.3 Å². The summed E-state index contributed by atoms with van der Waals surface area (Å²) < 4.78 is 10.7. The normalized spacial score (nSPS) is 18.9. The number of fused-ring (bicyclic) bond motifs is 1. The second-order valence-electron chi connectivity index (χ2n) is 6.38. The molecule has 1 aromatic heterocycles. The number of likely N-dealkylation sites (tertiary alicyclic amines) is 1. The number of anilines is 1. The molecule has 1 N–H and O–H groups in total. The Hall–Kier alpha value is -2.76. The molecule has 1 fully saturated rings. The predicted octanol–water partition coefficient (Wildman–Crippen LogP) is 2.87. The van der Waals surface area contributed by atoms with E-state index in [1.807, 2.05) is 30.3 Å². The Morgan fingerprint density at radius 3 is 3.00 bits per heavy atom. The number of amides is 1. The van der Waals surface area contributed by atoms with Gasteiger partial charge in [-0.05, 0) is 48.7 Å². The first kappa shape index (κ1) is 15.7. The van der Waals surface area contributed by atoms with Crippen LogP contribution in [0, 0.1) is 0 Å². The molecule has 2 aromatic rings. The Morgan fingerprint density at radius 2 is 2.12 bits per heavy atom. The summed E-state index contributed by atoms with van der Waals surface area (Å²) in [4.78, 5) is 19.1. The molecular formula is C19H21N3O3. The first-order valence-corrected chi connectivity index (χ1v) is 8.57. The fraction of sp³-hybridized carbons (Fsp3) is 0.368. The SMILES string of the molecule is CNc1cc([C@H]2CCCN(C(=O)c3ccc4c(c3)OCO4)C2)ccn1. The van der Waals surface area contributed by atoms with Gasteiger partial charge in [0, 0.05) is 37.8 Å². The van der Waals surface area contributed by atoms with Crippen LogP contribution in [0.15, 0.2) is 36.5 Å². The number of nitrogens with one attached hydrogen (secondary N) is 1. The summed E-state index contributed by atoms with van der Waals surface area (Å²) in [5.41, 5.74) is 1.87. The molecule has 4 rings (SSSR count). The molecule has 2 aliphatic heterocycles. The van der Waals surface area contributed by atoms with E-state index in [1.165, 1.54) is 5.56 Å². The fourth-order valence-electron chi connectivity index (χ4n) is 3.48. The molecule has 0 saturated carbocycles. The number of pyridine rings is 1. The maximum absolute atomic E-state index is 12.9. The zero-order valence-corrected chi connectivity index (χ0v) is 14.2. The van der Waals surface area contributed by atoms with Crippen LogP contribution in [0.3, 0.4) is 0 Å². The molecule has 25 heavy (non-hydrogen) atoms. The van der Waals surface area contributed by atoms with Crippen LogP contribution in [-0.2, 0) is 0 Å². The molecule has 3 heterocycles. The number of benzene rings is 1. The molecule has 0 unspecified atom stereocenters. The average molecular weight is 339 g/mol. The van der Waals surface area contributed by atoms with Crippen LogP contribution in [0.1, 0.15) is 34.7 Å². The summed E-state index contributed by atoms with van der Waals surface area (Å²) in [7, 11) is 1.86. The first-order chi connectivity index (χ1) is 12.2. The number of hydrogen-bond donors (Lipinski definition) is 1. The number of piperidine rings is 1. The molecule has 6 nitrogen and oxygen atoms in total. The van der Waals surface area contributed by atoms with Crippen molar-refractivity contribution in [2.75, 3.05) is 32.2 Å². The highest BCUT2D eigenvalue weighted by Crippen LogP contribution is 2.34. The summed E-state index contributed by atoms with van der Waals surface area (Å²) in [6.45, 7) is 1.72. The van der Waals surface area contributed by atoms with Gasteiger partial charge in [-0.2, -0.15) is 0 Å². The van der Waals surface area contributed by atoms with E-state index >= 15 is 0 Å². The quantitative estimate of drug-likeness (QED) is 0.931. The number of carbonyl (C=O) groups excluding carboxylic acids is 1. The third-order valence-corrected chi connectivity index (χ3v) is 4.84. The van der Waals surface area contributed by atoms with E-state index in [4.69, 9.17) is 9.47 Å². The van der Waals surface area contributed by atoms with Crippen molar-refractivity contribution in [2.45, 2.75) is 18.8 Å². The van der Waals surface area contributed by atoms with Crippen molar-refractivity contribution in [1.82, 2.24) is 9.88 Å². The lowest BCUT2D eigenvalue weighted by atomic mass is 9.90. The molecule has 1 amide bonds. The molecule has 1 aromatic carbocycles. The van der Waals surface area contributed by atoms with Gasteiger partial charge in [0.2, 0.25) is 6.79 Å². The van der Waals surface area contributed by atoms with Gasteiger partial charge in [0.15, 0.2) is 11.5 Å². The van der Waals surface area contributed by atoms with E-state index < -0.39 is 0 Å². The van der Waals surface area contributed by atoms with E-state index in [0.717, 1.165) is 31.7 Å². The lowest BCUT2D eigenvalue weighted by molar-refractivity contribution is 0.0706. The predicted molar refractivity (Wildman–Crippen MR) is 94.2 cm³/mol. The van der Waals surface area contributed by atoms with Gasteiger partial charge in [0.1, 0.15) is 5.82 Å². The zero-order chi connectivity index (χ0) is 17.2. The molecule has 0 radical (unpaired) electrons. The van der Waals surface area contributed by atoms with Crippen LogP contribution in [0.2, 0.25) is 0 Å². The van der Waals surface area contributed by atoms with Gasteiger partial charge in [-0.3, -0.25) is 4.79 Å². The van der Waals surface area contributed by atoms with Crippen LogP contribution in [0.4, 0.5) is 5.82 Å². The van der Waals surface area contributed by atoms with Gasteiger partial charge in [-0.25, -0.2) is 4.98 Å². The van der Waals surface area contributed by atoms with E-state index in [2.05, 4.69) is 16.4 Å². The van der Waals surface area contributed by atoms with Crippen LogP contribution in [0.5, 0.6) is 11.5 Å². The summed E-state index contributed by atoms with van der Waals surface area (Å²) in [6.07, 6.45) is 3.90. The van der Waals surface area contributed by atoms with Crippen LogP contribution < -0.4 is 14.8 Å². The van der Waals surface area contributed by atoms with Crippen molar-refractivity contribution in [3.05, 3.63) is 47.7 Å². The summed E-state index contributed by atoms with van der Waals surface area (Å²) in [6, 6.07) is 9.50. The number of carbonyl (C=O) groups is 1. The van der Waals surface area contributed by atoms with E-state index in [-0.39, 0.29) is 12.7 Å². The van der Waals surface area contributed by atoms with Crippen molar-refractivity contribution in [1.29, 1.82) is 0 Å². The summed E-state index contributed by atoms with van der Waals surface area (Å²) >= 11 is 0. The van der Waals surface area contributed by atoms with Gasteiger partial charge < -0.3 is 19.7 Å². The first-order valence-electron chi connectivity index (χ1n) is 8.57. The maximum Gasteiger partial charge on any atom is 0.254 e. The van der Waals surface area contributed by atoms with Gasteiger partial charge >= 0.3 is 0 Å². The zero-order valence-electron chi connectivity index (χ0n) is 14.2. The molecule has 0 bridgehead atoms. The van der Waals surface area contributed by atoms with E-state index in [1.54, 1.807) is 12.1 Å². The molecule has 0 spiro atoms. The Bertz CT molecular complexity index is 793. The molecule has 1 saturated heterocycles. The third-order valence-electron chi connectivity index (χ3n) is 4.84. The lowest BCUT2D eigenvalue weighted by Crippen LogP contribution is -2.39. The van der Waals surface area contributed by atoms with Gasteiger partial charge in [-0.1, -0.05) is 0 Å². The number of nitrogens with zero attached hydrogens (tertiary/aromatic N) is 2. The smallest absolute Gasteiger partial charge is 0.254 e. The lowest BCUT2D eigenvalue weighted by Gasteiger charge is -2.33. The minimum Gasteiger partial charge on any atom is -0.454 e. The second kappa shape index (κ2) is 6.63. The van der Waals surface area contributed by atoms with Gasteiger partial charge in [0.25, 0.3) is 5.91 Å². The van der Waals surface area contributed by atoms with Gasteiger partial charge in [-0.15, -0.1) is 0 Å². The average Bonchev–Trinajstić information content (AvgIpc) is 3.15. The number of rotatable bonds is 3. The molecule has 0 aliphatic carbocycles. The van der Waals surface area contributed by atoms with E-state index in [9.17, 15) is 4.79 Å². The number of ether oxygens (including phenoxy) is 2. The van der Waals surface area contributed by atoms with E-state index in [0.29, 0.717) is 23.0 Å². The van der Waals surface area contributed by atoms with Crippen molar-refractivity contribution in [3.63, 3.8) is 0 Å². The minimum absolute atomic E-state index is 0.0471. The molecule has 2 aliphatic rings. The molecule has 130 valence electrons. The minimum atomic E-state index is 0.0471. The van der Waals surface area contributed by atoms with Crippen molar-refractivity contribution in [3.8, 4) is 11.5 Å². The van der Waals surface area contributed by atoms with Crippen molar-refractivity contribution >= 4 is 11.7 Å². The van der Waals surface area contributed by atoms with Crippen LogP contribution >= 0.6 is 0 Å². The standard InChI is InChI=1S/C19H21N3O3/c1-20-18-10-13(6-7-21-18)15-3-2-8-22(11-15)19(23)14-4-5-16-17(9-14)25-12-24-16/h4-7,9-10,15H,2-3,8,11-12H2,1H3,(H,20,21)/t15-/m0/s1. The topological polar surface area (TPSA) is 63.7 Å². The van der Waals surface area contributed by atoms with Crippen LogP contribution in [-0.4, -0.2) is 42.7 Å². The maximum atomic E-state index is 12.9. The molecule has 6 heteroatoms. The number of hydrogen-bond acceptors (Lipinski definition) is 5. The fourth-order valence-corrected chi connectivity index (χ4v) is 3.48. The Morgan fingerprint density at radius 1 is 1.24 bits per heavy atom. The monoisotopic (exact) mass is 339 g/mol. The highest BCUT2D eigenvalue weighted by Gasteiger charge is 2.27. The Labute approximate surface area is 146 Å². The summed E-state index contributed by atoms with van der Waals surface area (Å²) in [5, 5.41) is 3.07. The third kappa shape index (κ3) is 3.12. The second-order valence-corrected chi connectivity index (χ2v) is 6.38. The highest BCUT2D eigenvalue weighted by atomic mass is 16.7. The highest BCUT2D eigenvalue weighted by molar-refractivity contribution is 5.95. The number of aromatic nitrogens is 1. The Balaban J connectivity index is 1.51. The molecular weight excluding hydrogens is 318 g/mol.